The van der Waals surface area contributed by atoms with Gasteiger partial charge in [-0.3, -0.25) is 24.0 Å². The molecule has 3 saturated heterocycles. The van der Waals surface area contributed by atoms with Crippen LogP contribution in [0.1, 0.15) is 58.1 Å². The van der Waals surface area contributed by atoms with Gasteiger partial charge in [0.05, 0.1) is 25.3 Å². The van der Waals surface area contributed by atoms with E-state index in [4.69, 9.17) is 23.8 Å². The maximum Gasteiger partial charge on any atom is 0.422 e. The summed E-state index contributed by atoms with van der Waals surface area (Å²) in [7, 11) is 0. The molecular formula is C35H44F3N3O13. The Hall–Kier alpha value is -4.14. The Bertz CT molecular complexity index is 1620. The van der Waals surface area contributed by atoms with Crippen molar-refractivity contribution in [2.45, 2.75) is 114 Å². The molecule has 9 atom stereocenters. The molecular weight excluding hydrogens is 727 g/mol. The van der Waals surface area contributed by atoms with Gasteiger partial charge in [0.2, 0.25) is 11.8 Å². The Morgan fingerprint density at radius 3 is 2.52 bits per heavy atom. The summed E-state index contributed by atoms with van der Waals surface area (Å²) in [6.45, 7) is 3.78. The second-order valence-corrected chi connectivity index (χ2v) is 14.6. The van der Waals surface area contributed by atoms with Crippen LogP contribution in [0.2, 0.25) is 0 Å². The molecule has 3 aliphatic heterocycles. The fourth-order valence-electron chi connectivity index (χ4n) is 7.04. The van der Waals surface area contributed by atoms with Crippen molar-refractivity contribution < 1.29 is 75.9 Å². The predicted molar refractivity (Wildman–Crippen MR) is 176 cm³/mol. The van der Waals surface area contributed by atoms with E-state index in [9.17, 15) is 47.4 Å². The number of alkyl halides is 3. The molecule has 0 spiro atoms. The van der Waals surface area contributed by atoms with E-state index in [0.717, 1.165) is 6.08 Å². The first kappa shape index (κ1) is 41.0. The van der Waals surface area contributed by atoms with Gasteiger partial charge in [-0.05, 0) is 51.3 Å². The van der Waals surface area contributed by atoms with Crippen molar-refractivity contribution in [1.82, 2.24) is 15.7 Å². The van der Waals surface area contributed by atoms with Gasteiger partial charge < -0.3 is 44.5 Å². The van der Waals surface area contributed by atoms with E-state index >= 15 is 0 Å². The number of nitrogens with zero attached hydrogens (tertiary/aromatic N) is 1. The number of carbonyl (C=O) groups is 5. The molecule has 0 radical (unpaired) electrons. The van der Waals surface area contributed by atoms with Gasteiger partial charge in [-0.15, -0.1) is 0 Å². The molecule has 2 bridgehead atoms. The minimum Gasteiger partial charge on any atom is -0.460 e. The van der Waals surface area contributed by atoms with Gasteiger partial charge in [-0.2, -0.15) is 18.2 Å². The molecule has 0 aromatic heterocycles. The van der Waals surface area contributed by atoms with E-state index in [1.54, 1.807) is 45.0 Å². The molecule has 4 aliphatic rings. The van der Waals surface area contributed by atoms with Gasteiger partial charge in [0, 0.05) is 18.9 Å². The zero-order valence-electron chi connectivity index (χ0n) is 30.0. The van der Waals surface area contributed by atoms with Crippen LogP contribution in [0.25, 0.3) is 6.08 Å². The molecule has 4 fully saturated rings. The molecule has 4 N–H and O–H groups in total. The summed E-state index contributed by atoms with van der Waals surface area (Å²) in [5.41, 5.74) is -1.54. The Morgan fingerprint density at radius 1 is 1.13 bits per heavy atom. The number of ether oxygens (including phenoxy) is 5. The second-order valence-electron chi connectivity index (χ2n) is 14.6. The van der Waals surface area contributed by atoms with Crippen molar-refractivity contribution in [2.24, 2.45) is 5.41 Å². The van der Waals surface area contributed by atoms with E-state index in [1.165, 1.54) is 18.1 Å². The highest BCUT2D eigenvalue weighted by Gasteiger charge is 2.74. The van der Waals surface area contributed by atoms with Crippen molar-refractivity contribution in [3.63, 3.8) is 0 Å². The van der Waals surface area contributed by atoms with Gasteiger partial charge in [0.25, 0.3) is 0 Å². The lowest BCUT2D eigenvalue weighted by Crippen LogP contribution is -2.71. The highest BCUT2D eigenvalue weighted by Crippen LogP contribution is 2.55. The number of fused-ring (bicyclic) bond motifs is 4. The number of carbonyl (C=O) groups excluding carboxylic acids is 5. The van der Waals surface area contributed by atoms with E-state index < -0.39 is 109 Å². The minimum absolute atomic E-state index is 0.00157. The third-order valence-corrected chi connectivity index (χ3v) is 9.31. The molecule has 1 aromatic rings. The van der Waals surface area contributed by atoms with Crippen LogP contribution in [-0.2, 0) is 59.0 Å². The molecule has 298 valence electrons. The lowest BCUT2D eigenvalue weighted by molar-refractivity contribution is -0.201. The van der Waals surface area contributed by atoms with Crippen LogP contribution in [0, 0.1) is 5.41 Å². The topological polar surface area (TPSA) is 208 Å². The van der Waals surface area contributed by atoms with Crippen LogP contribution in [0.5, 0.6) is 0 Å². The zero-order chi connectivity index (χ0) is 39.6. The van der Waals surface area contributed by atoms with Crippen LogP contribution in [0.4, 0.5) is 13.2 Å². The highest BCUT2D eigenvalue weighted by molar-refractivity contribution is 5.96. The van der Waals surface area contributed by atoms with Gasteiger partial charge in [0.15, 0.2) is 12.6 Å². The molecule has 5 rings (SSSR count). The summed E-state index contributed by atoms with van der Waals surface area (Å²) in [5.74, 6) is -4.25. The normalized spacial score (nSPS) is 28.1. The van der Waals surface area contributed by atoms with Crippen molar-refractivity contribution in [3.05, 3.63) is 41.5 Å². The number of hydrogen-bond donors (Lipinski definition) is 4. The highest BCUT2D eigenvalue weighted by atomic mass is 19.4. The Labute approximate surface area is 308 Å². The number of rotatable bonds is 14. The Balaban J connectivity index is 1.35. The summed E-state index contributed by atoms with van der Waals surface area (Å²) >= 11 is 0. The molecule has 16 nitrogen and oxygen atoms in total. The molecule has 1 aromatic carbocycles. The van der Waals surface area contributed by atoms with Gasteiger partial charge in [0.1, 0.15) is 48.3 Å². The van der Waals surface area contributed by atoms with Crippen LogP contribution < -0.4 is 10.6 Å². The summed E-state index contributed by atoms with van der Waals surface area (Å²) in [4.78, 5) is 72.1. The minimum atomic E-state index is -4.68. The molecule has 0 unspecified atom stereocenters. The van der Waals surface area contributed by atoms with Crippen molar-refractivity contribution in [3.8, 4) is 0 Å². The summed E-state index contributed by atoms with van der Waals surface area (Å²) in [6, 6.07) is 2.52. The van der Waals surface area contributed by atoms with Crippen molar-refractivity contribution in [2.75, 3.05) is 20.0 Å². The molecule has 54 heavy (non-hydrogen) atoms. The number of halogens is 3. The molecule has 1 aliphatic carbocycles. The average Bonchev–Trinajstić information content (AvgIpc) is 3.71. The number of nitrogens with one attached hydrogen (secondary N) is 2. The van der Waals surface area contributed by atoms with Gasteiger partial charge in [-0.25, -0.2) is 4.79 Å². The predicted octanol–water partition coefficient (Wildman–Crippen LogP) is 0.811. The van der Waals surface area contributed by atoms with Crippen LogP contribution >= 0.6 is 0 Å². The molecule has 2 amide bonds. The summed E-state index contributed by atoms with van der Waals surface area (Å²) in [6.07, 6.45) is -7.96. The number of aliphatic hydroxyl groups excluding tert-OH is 2. The first-order chi connectivity index (χ1) is 25.3. The second kappa shape index (κ2) is 16.3. The SMILES string of the molecule is C[C@H](O)[C@@H](NC(=O)[C@@]12C[C@H]3OC(=O)[C@@H]1N(Cc1cccc(C=CC(=O)OCC(F)(F)F)c1)O[C@@H]2[C@H]1OCO[C@H]13)C(=O)N[C@H](CO)CCC(=O)OC(C)(C)C. The fraction of sp³-hybridized carbons (Fsp3) is 0.629. The van der Waals surface area contributed by atoms with E-state index in [1.807, 2.05) is 0 Å². The van der Waals surface area contributed by atoms with E-state index in [0.29, 0.717) is 11.1 Å². The largest absolute Gasteiger partial charge is 0.460 e. The first-order valence-corrected chi connectivity index (χ1v) is 17.3. The zero-order valence-corrected chi connectivity index (χ0v) is 30.0. The lowest BCUT2D eigenvalue weighted by Gasteiger charge is -2.49. The van der Waals surface area contributed by atoms with Crippen molar-refractivity contribution >= 4 is 35.8 Å². The van der Waals surface area contributed by atoms with Crippen LogP contribution in [0.3, 0.4) is 0 Å². The van der Waals surface area contributed by atoms with E-state index in [2.05, 4.69) is 15.4 Å². The quantitative estimate of drug-likeness (QED) is 0.117. The lowest BCUT2D eigenvalue weighted by atomic mass is 9.62. The first-order valence-electron chi connectivity index (χ1n) is 17.3. The third-order valence-electron chi connectivity index (χ3n) is 9.31. The molecule has 3 heterocycles. The number of esters is 3. The smallest absolute Gasteiger partial charge is 0.422 e. The molecule has 1 saturated carbocycles. The van der Waals surface area contributed by atoms with Crippen LogP contribution in [-0.4, -0.2) is 125 Å². The Morgan fingerprint density at radius 2 is 1.85 bits per heavy atom. The maximum absolute atomic E-state index is 14.5. The average molecular weight is 772 g/mol. The number of benzene rings is 1. The summed E-state index contributed by atoms with van der Waals surface area (Å²) < 4.78 is 64.0. The van der Waals surface area contributed by atoms with Crippen molar-refractivity contribution in [1.29, 1.82) is 0 Å². The van der Waals surface area contributed by atoms with Gasteiger partial charge in [-0.1, -0.05) is 24.3 Å². The fourth-order valence-corrected chi connectivity index (χ4v) is 7.04. The number of hydroxylamine groups is 2. The van der Waals surface area contributed by atoms with Crippen LogP contribution in [0.15, 0.2) is 30.3 Å². The Kier molecular flexibility index (Phi) is 12.4. The third kappa shape index (κ3) is 9.38. The monoisotopic (exact) mass is 771 g/mol. The van der Waals surface area contributed by atoms with E-state index in [-0.39, 0.29) is 32.6 Å². The number of aliphatic hydroxyl groups is 2. The molecule has 19 heteroatoms. The summed E-state index contributed by atoms with van der Waals surface area (Å²) in [5, 5.41) is 27.0. The van der Waals surface area contributed by atoms with Gasteiger partial charge >= 0.3 is 24.1 Å². The standard InChI is InChI=1S/C35H44F3N3O13/c1-18(43)25(30(46)39-21(15-42)9-11-24(45)53-33(2,3)4)40-32(48)34-13-22-26-27(51-17-50-26)29(34)54-41(28(34)31(47)52-22)14-20-7-5-6-19(12-20)8-10-23(44)49-16-35(36,37)38/h5-8,10,12,18,21-22,25-29,42-43H,9,11,13-17H2,1-4H3,(H,39,46)(H,40,48)/t18-,21-,22+,25+,26-,27-,28-,29+,34-/m0/s1. The number of amides is 2. The maximum atomic E-state index is 14.5. The number of hydrogen-bond acceptors (Lipinski definition) is 14.